The minimum absolute atomic E-state index is 0.310. The maximum Gasteiger partial charge on any atom is 0.341 e. The molecule has 0 spiro atoms. The van der Waals surface area contributed by atoms with E-state index in [4.69, 9.17) is 4.74 Å². The van der Waals surface area contributed by atoms with E-state index in [0.29, 0.717) is 17.2 Å². The van der Waals surface area contributed by atoms with Gasteiger partial charge in [-0.15, -0.1) is 11.3 Å². The van der Waals surface area contributed by atoms with Gasteiger partial charge in [0.1, 0.15) is 5.00 Å². The molecule has 1 aliphatic rings. The van der Waals surface area contributed by atoms with E-state index in [-0.39, 0.29) is 5.97 Å². The van der Waals surface area contributed by atoms with Crippen LogP contribution in [0.2, 0.25) is 0 Å². The summed E-state index contributed by atoms with van der Waals surface area (Å²) in [5, 5.41) is 3.40. The minimum Gasteiger partial charge on any atom is -0.462 e. The van der Waals surface area contributed by atoms with Crippen molar-refractivity contribution in [1.29, 1.82) is 0 Å². The summed E-state index contributed by atoms with van der Waals surface area (Å²) < 4.78 is 5.29. The van der Waals surface area contributed by atoms with Crippen molar-refractivity contribution in [3.05, 3.63) is 51.9 Å². The Morgan fingerprint density at radius 3 is 2.54 bits per heavy atom. The van der Waals surface area contributed by atoms with Gasteiger partial charge < -0.3 is 10.1 Å². The first-order valence-electron chi connectivity index (χ1n) is 9.88. The average Bonchev–Trinajstić information content (AvgIpc) is 3.07. The monoisotopic (exact) mass is 395 g/mol. The van der Waals surface area contributed by atoms with Gasteiger partial charge in [0.05, 0.1) is 12.2 Å². The topological polar surface area (TPSA) is 55.4 Å². The number of carbonyl (C=O) groups excluding carboxylic acids is 2. The first-order valence-corrected chi connectivity index (χ1v) is 10.7. The van der Waals surface area contributed by atoms with Crippen LogP contribution < -0.4 is 5.32 Å². The molecule has 1 amide bonds. The Balaban J connectivity index is 1.87. The van der Waals surface area contributed by atoms with Gasteiger partial charge in [0.2, 0.25) is 0 Å². The predicted octanol–water partition coefficient (Wildman–Crippen LogP) is 4.96. The molecule has 146 valence electrons. The molecule has 1 N–H and O–H groups in total. The van der Waals surface area contributed by atoms with Crippen LogP contribution in [0, 0.1) is 11.8 Å². The number of nitrogens with one attached hydrogen (secondary N) is 1. The summed E-state index contributed by atoms with van der Waals surface area (Å²) in [6.45, 7) is 2.10. The van der Waals surface area contributed by atoms with Crippen molar-refractivity contribution >= 4 is 28.2 Å². The lowest BCUT2D eigenvalue weighted by molar-refractivity contribution is -0.111. The second-order valence-corrected chi connectivity index (χ2v) is 7.87. The maximum absolute atomic E-state index is 12.6. The van der Waals surface area contributed by atoms with Crippen molar-refractivity contribution in [2.24, 2.45) is 0 Å². The van der Waals surface area contributed by atoms with Gasteiger partial charge in [0, 0.05) is 16.4 Å². The molecule has 0 saturated heterocycles. The molecule has 0 unspecified atom stereocenters. The van der Waals surface area contributed by atoms with Crippen molar-refractivity contribution in [3.63, 3.8) is 0 Å². The van der Waals surface area contributed by atoms with Gasteiger partial charge in [-0.05, 0) is 50.3 Å². The van der Waals surface area contributed by atoms with Crippen LogP contribution in [0.25, 0.3) is 0 Å². The Labute approximate surface area is 170 Å². The fourth-order valence-corrected chi connectivity index (χ4v) is 4.66. The predicted molar refractivity (Wildman–Crippen MR) is 113 cm³/mol. The third kappa shape index (κ3) is 5.24. The number of hydrogen-bond acceptors (Lipinski definition) is 4. The van der Waals surface area contributed by atoms with Crippen LogP contribution in [0.1, 0.15) is 65.4 Å². The van der Waals surface area contributed by atoms with E-state index < -0.39 is 5.91 Å². The lowest BCUT2D eigenvalue weighted by Gasteiger charge is -2.07. The lowest BCUT2D eigenvalue weighted by atomic mass is 10.0. The number of hydrogen-bond donors (Lipinski definition) is 1. The Bertz CT molecular complexity index is 890. The zero-order valence-corrected chi connectivity index (χ0v) is 17.0. The van der Waals surface area contributed by atoms with Gasteiger partial charge in [-0.25, -0.2) is 4.79 Å². The summed E-state index contributed by atoms with van der Waals surface area (Å²) in [6.07, 6.45) is 7.57. The van der Waals surface area contributed by atoms with Crippen molar-refractivity contribution in [3.8, 4) is 11.8 Å². The molecule has 28 heavy (non-hydrogen) atoms. The van der Waals surface area contributed by atoms with Gasteiger partial charge in [0.15, 0.2) is 0 Å². The molecule has 0 fully saturated rings. The Morgan fingerprint density at radius 1 is 1.07 bits per heavy atom. The summed E-state index contributed by atoms with van der Waals surface area (Å²) >= 11 is 1.50. The zero-order valence-electron chi connectivity index (χ0n) is 16.2. The average molecular weight is 396 g/mol. The summed E-state index contributed by atoms with van der Waals surface area (Å²) in [6, 6.07) is 9.36. The third-order valence-electron chi connectivity index (χ3n) is 4.72. The third-order valence-corrected chi connectivity index (χ3v) is 5.93. The van der Waals surface area contributed by atoms with Gasteiger partial charge in [-0.2, -0.15) is 0 Å². The minimum atomic E-state index is -0.416. The van der Waals surface area contributed by atoms with E-state index in [0.717, 1.165) is 36.8 Å². The molecular formula is C23H25NO3S. The molecule has 1 aromatic heterocycles. The highest BCUT2D eigenvalue weighted by molar-refractivity contribution is 7.17. The number of carbonyl (C=O) groups is 2. The number of aryl methyl sites for hydroxylation is 1. The Hall–Kier alpha value is -2.58. The summed E-state index contributed by atoms with van der Waals surface area (Å²) in [4.78, 5) is 26.2. The number of amides is 1. The van der Waals surface area contributed by atoms with Crippen LogP contribution in [0.3, 0.4) is 0 Å². The second kappa shape index (κ2) is 10.1. The Morgan fingerprint density at radius 2 is 1.79 bits per heavy atom. The number of thiophene rings is 1. The van der Waals surface area contributed by atoms with Gasteiger partial charge >= 0.3 is 11.9 Å². The van der Waals surface area contributed by atoms with Crippen LogP contribution >= 0.6 is 11.3 Å². The molecular weight excluding hydrogens is 370 g/mol. The van der Waals surface area contributed by atoms with Crippen molar-refractivity contribution < 1.29 is 14.3 Å². The van der Waals surface area contributed by atoms with Gasteiger partial charge in [-0.1, -0.05) is 43.4 Å². The normalized spacial score (nSPS) is 13.8. The molecule has 4 nitrogen and oxygen atoms in total. The molecule has 2 aromatic rings. The molecule has 1 aromatic carbocycles. The molecule has 5 heteroatoms. The summed E-state index contributed by atoms with van der Waals surface area (Å²) in [7, 11) is 0. The SMILES string of the molecule is CCOC(=O)c1c(NC(=O)C#Cc2ccccc2)sc2c1CCCCCCC2. The van der Waals surface area contributed by atoms with E-state index in [1.165, 1.54) is 35.5 Å². The maximum atomic E-state index is 12.6. The largest absolute Gasteiger partial charge is 0.462 e. The van der Waals surface area contributed by atoms with E-state index in [1.54, 1.807) is 6.92 Å². The first kappa shape index (κ1) is 20.2. The number of ether oxygens (including phenoxy) is 1. The van der Waals surface area contributed by atoms with Gasteiger partial charge in [-0.3, -0.25) is 4.79 Å². The molecule has 0 saturated carbocycles. The van der Waals surface area contributed by atoms with E-state index in [9.17, 15) is 9.59 Å². The first-order chi connectivity index (χ1) is 13.7. The summed E-state index contributed by atoms with van der Waals surface area (Å²) in [5.41, 5.74) is 2.35. The standard InChI is InChI=1S/C23H25NO3S/c1-2-27-23(26)21-18-13-9-4-3-5-10-14-19(18)28-22(21)24-20(25)16-15-17-11-7-6-8-12-17/h6-8,11-12H,2-5,9-10,13-14H2,1H3,(H,24,25). The molecule has 0 radical (unpaired) electrons. The van der Waals surface area contributed by atoms with Crippen LogP contribution in [-0.4, -0.2) is 18.5 Å². The fourth-order valence-electron chi connectivity index (χ4n) is 3.39. The molecule has 1 heterocycles. The smallest absolute Gasteiger partial charge is 0.341 e. The molecule has 0 atom stereocenters. The zero-order chi connectivity index (χ0) is 19.8. The molecule has 0 aliphatic heterocycles. The number of rotatable bonds is 3. The molecule has 1 aliphatic carbocycles. The highest BCUT2D eigenvalue weighted by atomic mass is 32.1. The van der Waals surface area contributed by atoms with Crippen LogP contribution in [0.5, 0.6) is 0 Å². The lowest BCUT2D eigenvalue weighted by Crippen LogP contribution is -2.13. The van der Waals surface area contributed by atoms with Crippen molar-refractivity contribution in [2.45, 2.75) is 51.9 Å². The number of fused-ring (bicyclic) bond motifs is 1. The van der Waals surface area contributed by atoms with E-state index in [1.807, 2.05) is 30.3 Å². The number of esters is 1. The number of anilines is 1. The Kier molecular flexibility index (Phi) is 7.27. The highest BCUT2D eigenvalue weighted by Crippen LogP contribution is 2.37. The van der Waals surface area contributed by atoms with Crippen LogP contribution in [0.4, 0.5) is 5.00 Å². The molecule has 3 rings (SSSR count). The van der Waals surface area contributed by atoms with Crippen molar-refractivity contribution in [1.82, 2.24) is 0 Å². The van der Waals surface area contributed by atoms with Gasteiger partial charge in [0.25, 0.3) is 0 Å². The second-order valence-electron chi connectivity index (χ2n) is 6.77. The van der Waals surface area contributed by atoms with Crippen LogP contribution in [0.15, 0.2) is 30.3 Å². The highest BCUT2D eigenvalue weighted by Gasteiger charge is 2.25. The van der Waals surface area contributed by atoms with E-state index in [2.05, 4.69) is 17.2 Å². The van der Waals surface area contributed by atoms with Crippen LogP contribution in [-0.2, 0) is 22.4 Å². The molecule has 0 bridgehead atoms. The number of benzene rings is 1. The van der Waals surface area contributed by atoms with E-state index >= 15 is 0 Å². The van der Waals surface area contributed by atoms with Crippen molar-refractivity contribution in [2.75, 3.05) is 11.9 Å². The summed E-state index contributed by atoms with van der Waals surface area (Å²) in [5.74, 6) is 4.70. The quantitative estimate of drug-likeness (QED) is 0.590. The fraction of sp³-hybridized carbons (Fsp3) is 0.391.